The highest BCUT2D eigenvalue weighted by Crippen LogP contribution is 2.24. The van der Waals surface area contributed by atoms with Crippen LogP contribution in [0.15, 0.2) is 34.9 Å². The van der Waals surface area contributed by atoms with Crippen molar-refractivity contribution in [3.05, 3.63) is 36.1 Å². The Morgan fingerprint density at radius 1 is 1.27 bits per heavy atom. The van der Waals surface area contributed by atoms with Crippen molar-refractivity contribution in [1.82, 2.24) is 10.1 Å². The van der Waals surface area contributed by atoms with Gasteiger partial charge in [-0.15, -0.1) is 23.5 Å². The van der Waals surface area contributed by atoms with Gasteiger partial charge in [0.25, 0.3) is 0 Å². The lowest BCUT2D eigenvalue weighted by molar-refractivity contribution is -0.134. The second-order valence-corrected chi connectivity index (χ2v) is 8.45. The highest BCUT2D eigenvalue weighted by Gasteiger charge is 2.34. The average molecular weight is 451 g/mol. The van der Waals surface area contributed by atoms with Gasteiger partial charge in [-0.2, -0.15) is 0 Å². The predicted molar refractivity (Wildman–Crippen MR) is 117 cm³/mol. The summed E-state index contributed by atoms with van der Waals surface area (Å²) in [5.74, 6) is 2.14. The molecule has 1 aliphatic rings. The maximum Gasteiger partial charge on any atom is 0.248 e. The number of carbonyl (C=O) groups is 3. The Kier molecular flexibility index (Phi) is 7.63. The van der Waals surface area contributed by atoms with E-state index in [4.69, 9.17) is 9.26 Å². The molecule has 1 aromatic heterocycles. The molecule has 30 heavy (non-hydrogen) atoms. The van der Waals surface area contributed by atoms with E-state index in [9.17, 15) is 14.4 Å². The summed E-state index contributed by atoms with van der Waals surface area (Å²) in [6.07, 6.45) is 0. The number of thioether (sulfide) groups is 2. The number of benzene rings is 1. The van der Waals surface area contributed by atoms with Crippen LogP contribution in [0.5, 0.6) is 5.75 Å². The first kappa shape index (κ1) is 22.0. The fraction of sp³-hybridized carbons (Fsp3) is 0.368. The molecule has 1 fully saturated rings. The van der Waals surface area contributed by atoms with E-state index in [1.54, 1.807) is 49.3 Å². The molecule has 2 aromatic rings. The summed E-state index contributed by atoms with van der Waals surface area (Å²) in [7, 11) is 1.57. The van der Waals surface area contributed by atoms with Gasteiger partial charge in [-0.1, -0.05) is 5.16 Å². The number of ether oxygens (including phenoxy) is 1. The van der Waals surface area contributed by atoms with Crippen LogP contribution in [0.3, 0.4) is 0 Å². The van der Waals surface area contributed by atoms with Crippen LogP contribution in [-0.2, 0) is 14.4 Å². The van der Waals surface area contributed by atoms with Crippen molar-refractivity contribution in [2.75, 3.05) is 40.9 Å². The molecule has 0 radical (unpaired) electrons. The van der Waals surface area contributed by atoms with Crippen molar-refractivity contribution in [2.45, 2.75) is 13.0 Å². The normalized spacial score (nSPS) is 15.7. The van der Waals surface area contributed by atoms with Crippen LogP contribution in [0, 0.1) is 6.92 Å². The zero-order valence-electron chi connectivity index (χ0n) is 16.5. The molecule has 11 heteroatoms. The maximum atomic E-state index is 12.6. The zero-order chi connectivity index (χ0) is 21.5. The van der Waals surface area contributed by atoms with Crippen molar-refractivity contribution < 1.29 is 23.6 Å². The molecular formula is C19H22N4O5S2. The Bertz CT molecular complexity index is 903. The number of aryl methyl sites for hydroxylation is 1. The van der Waals surface area contributed by atoms with Crippen LogP contribution in [0.4, 0.5) is 11.5 Å². The lowest BCUT2D eigenvalue weighted by atomic mass is 10.2. The van der Waals surface area contributed by atoms with Gasteiger partial charge in [-0.05, 0) is 31.2 Å². The summed E-state index contributed by atoms with van der Waals surface area (Å²) in [4.78, 5) is 38.7. The predicted octanol–water partition coefficient (Wildman–Crippen LogP) is 2.20. The standard InChI is InChI=1S/C19H22N4O5S2/c1-12-7-16(22-28-12)21-17(24)9-29-10-18(25)23-11-30-8-15(23)19(26)20-13-3-5-14(27-2)6-4-13/h3-7,15H,8-11H2,1-2H3,(H,20,26)(H,21,22,24). The van der Waals surface area contributed by atoms with Crippen molar-refractivity contribution in [2.24, 2.45) is 0 Å². The smallest absolute Gasteiger partial charge is 0.248 e. The third-order valence-electron chi connectivity index (χ3n) is 4.22. The summed E-state index contributed by atoms with van der Waals surface area (Å²) in [6, 6.07) is 8.07. The number of anilines is 2. The Hall–Kier alpha value is -2.66. The van der Waals surface area contributed by atoms with E-state index in [1.165, 1.54) is 23.5 Å². The summed E-state index contributed by atoms with van der Waals surface area (Å²) in [5, 5.41) is 9.13. The van der Waals surface area contributed by atoms with Gasteiger partial charge in [0.1, 0.15) is 17.6 Å². The first-order valence-corrected chi connectivity index (χ1v) is 11.4. The molecule has 3 rings (SSSR count). The van der Waals surface area contributed by atoms with Gasteiger partial charge in [0.05, 0.1) is 24.5 Å². The number of nitrogens with zero attached hydrogens (tertiary/aromatic N) is 2. The third-order valence-corrected chi connectivity index (χ3v) is 6.15. The van der Waals surface area contributed by atoms with Gasteiger partial charge in [0.2, 0.25) is 17.7 Å². The topological polar surface area (TPSA) is 114 Å². The molecule has 160 valence electrons. The van der Waals surface area contributed by atoms with Crippen molar-refractivity contribution >= 4 is 52.8 Å². The van der Waals surface area contributed by atoms with Crippen molar-refractivity contribution in [1.29, 1.82) is 0 Å². The molecule has 9 nitrogen and oxygen atoms in total. The first-order valence-electron chi connectivity index (χ1n) is 9.09. The van der Waals surface area contributed by atoms with E-state index in [2.05, 4.69) is 15.8 Å². The second kappa shape index (κ2) is 10.4. The summed E-state index contributed by atoms with van der Waals surface area (Å²) >= 11 is 2.71. The number of carbonyl (C=O) groups excluding carboxylic acids is 3. The number of hydrogen-bond donors (Lipinski definition) is 2. The van der Waals surface area contributed by atoms with E-state index in [-0.39, 0.29) is 29.2 Å². The molecule has 1 atom stereocenters. The molecular weight excluding hydrogens is 428 g/mol. The van der Waals surface area contributed by atoms with Crippen molar-refractivity contribution in [3.63, 3.8) is 0 Å². The van der Waals surface area contributed by atoms with E-state index in [0.29, 0.717) is 34.6 Å². The van der Waals surface area contributed by atoms with Gasteiger partial charge < -0.3 is 24.8 Å². The molecule has 0 saturated carbocycles. The van der Waals surface area contributed by atoms with Crippen LogP contribution < -0.4 is 15.4 Å². The molecule has 2 heterocycles. The van der Waals surface area contributed by atoms with Gasteiger partial charge >= 0.3 is 0 Å². The first-order chi connectivity index (χ1) is 14.5. The minimum Gasteiger partial charge on any atom is -0.497 e. The van der Waals surface area contributed by atoms with Crippen molar-refractivity contribution in [3.8, 4) is 5.75 Å². The summed E-state index contributed by atoms with van der Waals surface area (Å²) < 4.78 is 9.99. The van der Waals surface area contributed by atoms with E-state index >= 15 is 0 Å². The number of rotatable bonds is 8. The van der Waals surface area contributed by atoms with Crippen LogP contribution in [0.1, 0.15) is 5.76 Å². The molecule has 3 amide bonds. The van der Waals surface area contributed by atoms with Crippen LogP contribution in [0.2, 0.25) is 0 Å². The highest BCUT2D eigenvalue weighted by atomic mass is 32.2. The highest BCUT2D eigenvalue weighted by molar-refractivity contribution is 8.00. The van der Waals surface area contributed by atoms with Crippen LogP contribution in [0.25, 0.3) is 0 Å². The number of aromatic nitrogens is 1. The Morgan fingerprint density at radius 2 is 2.03 bits per heavy atom. The molecule has 1 aliphatic heterocycles. The molecule has 0 spiro atoms. The summed E-state index contributed by atoms with van der Waals surface area (Å²) in [6.45, 7) is 1.73. The number of amides is 3. The van der Waals surface area contributed by atoms with Gasteiger partial charge in [0, 0.05) is 17.5 Å². The largest absolute Gasteiger partial charge is 0.497 e. The lowest BCUT2D eigenvalue weighted by Gasteiger charge is -2.23. The fourth-order valence-electron chi connectivity index (χ4n) is 2.72. The van der Waals surface area contributed by atoms with E-state index in [1.807, 2.05) is 0 Å². The minimum atomic E-state index is -0.544. The Balaban J connectivity index is 1.46. The second-order valence-electron chi connectivity index (χ2n) is 6.46. The Morgan fingerprint density at radius 3 is 2.70 bits per heavy atom. The molecule has 0 bridgehead atoms. The van der Waals surface area contributed by atoms with E-state index in [0.717, 1.165) is 0 Å². The fourth-order valence-corrected chi connectivity index (χ4v) is 4.60. The number of nitrogens with one attached hydrogen (secondary N) is 2. The van der Waals surface area contributed by atoms with Gasteiger partial charge in [-0.25, -0.2) is 0 Å². The van der Waals surface area contributed by atoms with Gasteiger partial charge in [-0.3, -0.25) is 14.4 Å². The number of methoxy groups -OCH3 is 1. The van der Waals surface area contributed by atoms with E-state index < -0.39 is 6.04 Å². The molecule has 0 aliphatic carbocycles. The summed E-state index contributed by atoms with van der Waals surface area (Å²) in [5.41, 5.74) is 0.638. The zero-order valence-corrected chi connectivity index (χ0v) is 18.2. The lowest BCUT2D eigenvalue weighted by Crippen LogP contribution is -2.45. The molecule has 1 unspecified atom stereocenters. The average Bonchev–Trinajstić information content (AvgIpc) is 3.37. The van der Waals surface area contributed by atoms with Gasteiger partial charge in [0.15, 0.2) is 5.82 Å². The SMILES string of the molecule is COc1ccc(NC(=O)C2CSCN2C(=O)CSCC(=O)Nc2cc(C)on2)cc1. The Labute approximate surface area is 182 Å². The number of hydrogen-bond acceptors (Lipinski definition) is 8. The minimum absolute atomic E-state index is 0.0986. The quantitative estimate of drug-likeness (QED) is 0.629. The monoisotopic (exact) mass is 450 g/mol. The third kappa shape index (κ3) is 5.92. The van der Waals surface area contributed by atoms with Crippen LogP contribution in [-0.4, -0.2) is 64.1 Å². The molecule has 1 aromatic carbocycles. The molecule has 1 saturated heterocycles. The maximum absolute atomic E-state index is 12.6. The van der Waals surface area contributed by atoms with Crippen LogP contribution >= 0.6 is 23.5 Å². The molecule has 2 N–H and O–H groups in total.